The van der Waals surface area contributed by atoms with Crippen LogP contribution in [0.2, 0.25) is 10.0 Å². The maximum absolute atomic E-state index is 12.5. The Balaban J connectivity index is 3.03. The first kappa shape index (κ1) is 20.8. The molecule has 0 aliphatic heterocycles. The van der Waals surface area contributed by atoms with Crippen molar-refractivity contribution in [3.63, 3.8) is 0 Å². The third-order valence-corrected chi connectivity index (χ3v) is 4.73. The molecule has 0 aliphatic rings. The van der Waals surface area contributed by atoms with Gasteiger partial charge in [-0.15, -0.1) is 0 Å². The van der Waals surface area contributed by atoms with Crippen molar-refractivity contribution >= 4 is 35.0 Å². The largest absolute Gasteiger partial charge is 0.352 e. The monoisotopic (exact) mass is 372 g/mol. The number of nitrogens with one attached hydrogen (secondary N) is 1. The van der Waals surface area contributed by atoms with Crippen LogP contribution in [-0.2, 0) is 16.1 Å². The Hall–Kier alpha value is -1.26. The summed E-state index contributed by atoms with van der Waals surface area (Å²) in [6.07, 6.45) is 1.92. The lowest BCUT2D eigenvalue weighted by molar-refractivity contribution is -0.140. The van der Waals surface area contributed by atoms with Gasteiger partial charge in [0, 0.05) is 34.6 Å². The third kappa shape index (κ3) is 5.67. The fourth-order valence-electron chi connectivity index (χ4n) is 2.26. The second-order valence-electron chi connectivity index (χ2n) is 5.97. The number of benzene rings is 1. The Labute approximate surface area is 154 Å². The van der Waals surface area contributed by atoms with Gasteiger partial charge >= 0.3 is 0 Å². The molecule has 0 saturated heterocycles. The molecular formula is C18H26Cl2N2O2. The van der Waals surface area contributed by atoms with Gasteiger partial charge in [-0.1, -0.05) is 43.1 Å². The van der Waals surface area contributed by atoms with Gasteiger partial charge in [-0.05, 0) is 38.8 Å². The second-order valence-corrected chi connectivity index (χ2v) is 6.78. The predicted molar refractivity (Wildman–Crippen MR) is 99.3 cm³/mol. The lowest BCUT2D eigenvalue weighted by Gasteiger charge is -2.30. The highest BCUT2D eigenvalue weighted by molar-refractivity contribution is 6.36. The topological polar surface area (TPSA) is 49.4 Å². The lowest BCUT2D eigenvalue weighted by atomic mass is 10.1. The zero-order chi connectivity index (χ0) is 18.3. The Morgan fingerprint density at radius 2 is 1.75 bits per heavy atom. The zero-order valence-corrected chi connectivity index (χ0v) is 16.2. The van der Waals surface area contributed by atoms with Crippen molar-refractivity contribution < 1.29 is 9.59 Å². The van der Waals surface area contributed by atoms with Crippen molar-refractivity contribution in [3.8, 4) is 0 Å². The maximum Gasteiger partial charge on any atom is 0.242 e. The van der Waals surface area contributed by atoms with E-state index in [0.29, 0.717) is 28.5 Å². The smallest absolute Gasteiger partial charge is 0.242 e. The number of amides is 2. The Kier molecular flexibility index (Phi) is 8.57. The molecule has 0 radical (unpaired) electrons. The van der Waals surface area contributed by atoms with Crippen LogP contribution in [0.5, 0.6) is 0 Å². The zero-order valence-electron chi connectivity index (χ0n) is 14.7. The van der Waals surface area contributed by atoms with E-state index in [-0.39, 0.29) is 24.4 Å². The number of rotatable bonds is 8. The fourth-order valence-corrected chi connectivity index (χ4v) is 2.78. The van der Waals surface area contributed by atoms with E-state index < -0.39 is 6.04 Å². The number of hydrogen-bond donors (Lipinski definition) is 1. The second kappa shape index (κ2) is 9.90. The van der Waals surface area contributed by atoms with Gasteiger partial charge in [0.15, 0.2) is 0 Å². The quantitative estimate of drug-likeness (QED) is 0.733. The van der Waals surface area contributed by atoms with Crippen molar-refractivity contribution in [2.45, 2.75) is 65.6 Å². The molecule has 4 nitrogen and oxygen atoms in total. The number of nitrogens with zero attached hydrogens (tertiary/aromatic N) is 1. The van der Waals surface area contributed by atoms with Gasteiger partial charge < -0.3 is 10.2 Å². The van der Waals surface area contributed by atoms with Gasteiger partial charge in [0.1, 0.15) is 6.04 Å². The van der Waals surface area contributed by atoms with Crippen LogP contribution in [0.25, 0.3) is 0 Å². The molecule has 1 aromatic carbocycles. The van der Waals surface area contributed by atoms with Crippen LogP contribution >= 0.6 is 23.2 Å². The molecule has 134 valence electrons. The first-order valence-corrected chi connectivity index (χ1v) is 9.10. The highest BCUT2D eigenvalue weighted by Crippen LogP contribution is 2.26. The molecule has 0 unspecified atom stereocenters. The highest BCUT2D eigenvalue weighted by Gasteiger charge is 2.27. The van der Waals surface area contributed by atoms with E-state index in [1.807, 2.05) is 20.8 Å². The summed E-state index contributed by atoms with van der Waals surface area (Å²) < 4.78 is 0. The van der Waals surface area contributed by atoms with E-state index in [0.717, 1.165) is 6.42 Å². The first-order chi connectivity index (χ1) is 11.3. The Morgan fingerprint density at radius 1 is 1.17 bits per heavy atom. The highest BCUT2D eigenvalue weighted by atomic mass is 35.5. The molecule has 0 fully saturated rings. The fraction of sp³-hybridized carbons (Fsp3) is 0.556. The van der Waals surface area contributed by atoms with Crippen LogP contribution in [0, 0.1) is 0 Å². The average Bonchev–Trinajstić information content (AvgIpc) is 2.54. The summed E-state index contributed by atoms with van der Waals surface area (Å²) in [5.41, 5.74) is 0.661. The SMILES string of the molecule is CCCC(=O)N(Cc1c(Cl)cccc1Cl)[C@@H](C)C(=O)N[C@@H](C)CC. The Bertz CT molecular complexity index is 558. The molecule has 0 heterocycles. The summed E-state index contributed by atoms with van der Waals surface area (Å²) in [7, 11) is 0. The molecule has 0 aromatic heterocycles. The van der Waals surface area contributed by atoms with Gasteiger partial charge in [-0.2, -0.15) is 0 Å². The van der Waals surface area contributed by atoms with E-state index in [1.54, 1.807) is 30.0 Å². The van der Waals surface area contributed by atoms with Gasteiger partial charge in [-0.3, -0.25) is 9.59 Å². The van der Waals surface area contributed by atoms with Crippen molar-refractivity contribution in [3.05, 3.63) is 33.8 Å². The number of halogens is 2. The number of carbonyl (C=O) groups excluding carboxylic acids is 2. The maximum atomic E-state index is 12.5. The minimum Gasteiger partial charge on any atom is -0.352 e. The number of carbonyl (C=O) groups is 2. The standard InChI is InChI=1S/C18H26Cl2N2O2/c1-5-8-17(23)22(13(4)18(24)21-12(3)6-2)11-14-15(19)9-7-10-16(14)20/h7,9-10,12-13H,5-6,8,11H2,1-4H3,(H,21,24)/t12-,13-/m0/s1. The van der Waals surface area contributed by atoms with Gasteiger partial charge in [0.25, 0.3) is 0 Å². The summed E-state index contributed by atoms with van der Waals surface area (Å²) in [6.45, 7) is 7.82. The number of hydrogen-bond acceptors (Lipinski definition) is 2. The van der Waals surface area contributed by atoms with Crippen LogP contribution in [0.4, 0.5) is 0 Å². The molecule has 2 atom stereocenters. The normalized spacial score (nSPS) is 13.2. The molecule has 1 N–H and O–H groups in total. The van der Waals surface area contributed by atoms with E-state index in [9.17, 15) is 9.59 Å². The van der Waals surface area contributed by atoms with Crippen LogP contribution in [0.1, 0.15) is 52.5 Å². The van der Waals surface area contributed by atoms with Gasteiger partial charge in [0.2, 0.25) is 11.8 Å². The molecule has 0 spiro atoms. The molecule has 0 saturated carbocycles. The Morgan fingerprint density at radius 3 is 2.25 bits per heavy atom. The molecule has 6 heteroatoms. The summed E-state index contributed by atoms with van der Waals surface area (Å²) >= 11 is 12.4. The van der Waals surface area contributed by atoms with Crippen LogP contribution in [0.3, 0.4) is 0 Å². The molecule has 2 amide bonds. The van der Waals surface area contributed by atoms with E-state index in [1.165, 1.54) is 0 Å². The lowest BCUT2D eigenvalue weighted by Crippen LogP contribution is -2.49. The van der Waals surface area contributed by atoms with E-state index >= 15 is 0 Å². The van der Waals surface area contributed by atoms with Crippen molar-refractivity contribution in [1.29, 1.82) is 0 Å². The summed E-state index contributed by atoms with van der Waals surface area (Å²) in [5.74, 6) is -0.253. The average molecular weight is 373 g/mol. The van der Waals surface area contributed by atoms with Crippen LogP contribution < -0.4 is 5.32 Å². The van der Waals surface area contributed by atoms with Crippen molar-refractivity contribution in [2.24, 2.45) is 0 Å². The minimum absolute atomic E-state index is 0.0620. The molecule has 1 aromatic rings. The minimum atomic E-state index is -0.592. The van der Waals surface area contributed by atoms with Crippen LogP contribution in [-0.4, -0.2) is 28.8 Å². The van der Waals surface area contributed by atoms with Crippen LogP contribution in [0.15, 0.2) is 18.2 Å². The van der Waals surface area contributed by atoms with E-state index in [2.05, 4.69) is 5.32 Å². The third-order valence-electron chi connectivity index (χ3n) is 4.02. The van der Waals surface area contributed by atoms with Crippen molar-refractivity contribution in [1.82, 2.24) is 10.2 Å². The molecule has 0 bridgehead atoms. The summed E-state index contributed by atoms with van der Waals surface area (Å²) in [4.78, 5) is 26.5. The first-order valence-electron chi connectivity index (χ1n) is 8.34. The van der Waals surface area contributed by atoms with E-state index in [4.69, 9.17) is 23.2 Å². The van der Waals surface area contributed by atoms with Crippen molar-refractivity contribution in [2.75, 3.05) is 0 Å². The molecular weight excluding hydrogens is 347 g/mol. The van der Waals surface area contributed by atoms with Gasteiger partial charge in [-0.25, -0.2) is 0 Å². The molecule has 1 rings (SSSR count). The summed E-state index contributed by atoms with van der Waals surface area (Å²) in [6, 6.07) is 4.69. The summed E-state index contributed by atoms with van der Waals surface area (Å²) in [5, 5.41) is 3.91. The molecule has 0 aliphatic carbocycles. The predicted octanol–water partition coefficient (Wildman–Crippen LogP) is 4.43. The van der Waals surface area contributed by atoms with Gasteiger partial charge in [0.05, 0.1) is 0 Å². The molecule has 24 heavy (non-hydrogen) atoms.